The molecule has 45 heavy (non-hydrogen) atoms. The first-order valence-corrected chi connectivity index (χ1v) is 16.2. The topological polar surface area (TPSA) is 160 Å². The van der Waals surface area contributed by atoms with Gasteiger partial charge in [-0.2, -0.15) is 20.2 Å². The highest BCUT2D eigenvalue weighted by Gasteiger charge is 2.49. The van der Waals surface area contributed by atoms with Crippen LogP contribution >= 0.6 is 11.3 Å². The van der Waals surface area contributed by atoms with E-state index in [-0.39, 0.29) is 43.1 Å². The summed E-state index contributed by atoms with van der Waals surface area (Å²) in [7, 11) is 0. The number of nitrogen functional groups attached to an aromatic ring is 1. The maximum Gasteiger partial charge on any atom is 0.321 e. The van der Waals surface area contributed by atoms with Crippen molar-refractivity contribution in [2.75, 3.05) is 56.6 Å². The first kappa shape index (κ1) is 30.0. The van der Waals surface area contributed by atoms with E-state index in [4.69, 9.17) is 24.7 Å². The smallest absolute Gasteiger partial charge is 0.321 e. The third-order valence-corrected chi connectivity index (χ3v) is 10.9. The Bertz CT molecular complexity index is 1660. The lowest BCUT2D eigenvalue weighted by Crippen LogP contribution is -2.44. The number of aliphatic hydroxyl groups is 1. The van der Waals surface area contributed by atoms with E-state index >= 15 is 0 Å². The average Bonchev–Trinajstić information content (AvgIpc) is 3.77. The maximum atomic E-state index is 14.4. The molecule has 3 aliphatic heterocycles. The van der Waals surface area contributed by atoms with Gasteiger partial charge in [-0.1, -0.05) is 11.2 Å². The lowest BCUT2D eigenvalue weighted by molar-refractivity contribution is 0.00870. The van der Waals surface area contributed by atoms with Crippen LogP contribution in [-0.2, 0) is 16.6 Å². The molecule has 3 aromatic rings. The molecule has 14 heteroatoms. The van der Waals surface area contributed by atoms with Crippen molar-refractivity contribution in [2.24, 2.45) is 0 Å². The molecule has 0 aromatic carbocycles. The highest BCUT2D eigenvalue weighted by Crippen LogP contribution is 2.49. The summed E-state index contributed by atoms with van der Waals surface area (Å²) in [5, 5.41) is 25.8. The van der Waals surface area contributed by atoms with E-state index < -0.39 is 17.2 Å². The summed E-state index contributed by atoms with van der Waals surface area (Å²) in [6, 6.07) is 4.18. The largest absolute Gasteiger partial charge is 0.461 e. The van der Waals surface area contributed by atoms with Crippen LogP contribution < -0.4 is 15.4 Å². The Labute approximate surface area is 264 Å². The molecule has 0 radical (unpaired) electrons. The van der Waals surface area contributed by atoms with Crippen molar-refractivity contribution in [3.05, 3.63) is 40.5 Å². The minimum Gasteiger partial charge on any atom is -0.461 e. The second-order valence-corrected chi connectivity index (χ2v) is 14.0. The fourth-order valence-electron chi connectivity index (χ4n) is 7.47. The van der Waals surface area contributed by atoms with Crippen molar-refractivity contribution in [2.45, 2.75) is 68.2 Å². The zero-order chi connectivity index (χ0) is 31.4. The number of aromatic nitrogens is 4. The molecule has 0 bridgehead atoms. The van der Waals surface area contributed by atoms with E-state index in [0.29, 0.717) is 48.1 Å². The number of hydrogen-bond donors (Lipinski definition) is 2. The number of halogens is 1. The zero-order valence-corrected chi connectivity index (χ0v) is 26.1. The predicted octanol–water partition coefficient (Wildman–Crippen LogP) is 3.39. The number of hydrogen-bond acceptors (Lipinski definition) is 13. The Balaban J connectivity index is 1.25. The van der Waals surface area contributed by atoms with Gasteiger partial charge in [0, 0.05) is 30.5 Å². The number of β-amino-alcohol motifs (C(OH)–C–C–N with tert-alkyl or cyclic N) is 1. The van der Waals surface area contributed by atoms with Crippen LogP contribution in [0.25, 0.3) is 11.5 Å². The van der Waals surface area contributed by atoms with Crippen LogP contribution in [-0.4, -0.2) is 93.4 Å². The second kappa shape index (κ2) is 11.3. The molecule has 0 saturated carbocycles. The Hall–Kier alpha value is -3.64. The van der Waals surface area contributed by atoms with Gasteiger partial charge in [0.1, 0.15) is 35.2 Å². The maximum absolute atomic E-state index is 14.4. The van der Waals surface area contributed by atoms with Gasteiger partial charge < -0.3 is 29.7 Å². The van der Waals surface area contributed by atoms with Gasteiger partial charge in [0.2, 0.25) is 5.95 Å². The molecule has 0 unspecified atom stereocenters. The number of fused-ring (bicyclic) bond motifs is 2. The number of ether oxygens (including phenoxy) is 2. The van der Waals surface area contributed by atoms with Crippen molar-refractivity contribution in [3.63, 3.8) is 0 Å². The van der Waals surface area contributed by atoms with Gasteiger partial charge in [-0.05, 0) is 51.1 Å². The van der Waals surface area contributed by atoms with Crippen LogP contribution in [0.2, 0.25) is 0 Å². The van der Waals surface area contributed by atoms with Crippen LogP contribution in [0, 0.1) is 11.3 Å². The van der Waals surface area contributed by atoms with Crippen molar-refractivity contribution in [3.8, 4) is 23.6 Å². The van der Waals surface area contributed by atoms with Gasteiger partial charge in [-0.15, -0.1) is 17.9 Å². The number of thiophene rings is 1. The molecule has 0 amide bonds. The molecule has 7 rings (SSSR count). The zero-order valence-electron chi connectivity index (χ0n) is 25.3. The van der Waals surface area contributed by atoms with Crippen LogP contribution in [0.1, 0.15) is 60.8 Å². The van der Waals surface area contributed by atoms with E-state index in [1.807, 2.05) is 4.90 Å². The van der Waals surface area contributed by atoms with Gasteiger partial charge in [-0.3, -0.25) is 4.90 Å². The Morgan fingerprint density at radius 1 is 1.31 bits per heavy atom. The van der Waals surface area contributed by atoms with E-state index in [0.717, 1.165) is 49.1 Å². The molecule has 1 aliphatic carbocycles. The van der Waals surface area contributed by atoms with Gasteiger partial charge in [0.05, 0.1) is 36.3 Å². The van der Waals surface area contributed by atoms with Crippen LogP contribution in [0.15, 0.2) is 23.2 Å². The quantitative estimate of drug-likeness (QED) is 0.365. The number of alkyl halides is 1. The summed E-state index contributed by atoms with van der Waals surface area (Å²) in [6.07, 6.45) is 5.36. The number of anilines is 2. The van der Waals surface area contributed by atoms with E-state index in [9.17, 15) is 14.8 Å². The van der Waals surface area contributed by atoms with Crippen molar-refractivity contribution in [1.82, 2.24) is 25.0 Å². The summed E-state index contributed by atoms with van der Waals surface area (Å²) in [6.45, 7) is 8.36. The molecule has 3 N–H and O–H groups in total. The molecule has 3 aromatic heterocycles. The van der Waals surface area contributed by atoms with Crippen molar-refractivity contribution < 1.29 is 23.5 Å². The Kier molecular flexibility index (Phi) is 7.55. The third kappa shape index (κ3) is 5.25. The highest BCUT2D eigenvalue weighted by atomic mass is 32.1. The summed E-state index contributed by atoms with van der Waals surface area (Å²) in [5.41, 5.74) is 5.71. The molecule has 4 aliphatic rings. The lowest BCUT2D eigenvalue weighted by Gasteiger charge is -2.31. The number of nitriles is 1. The molecule has 12 nitrogen and oxygen atoms in total. The van der Waals surface area contributed by atoms with Gasteiger partial charge in [0.25, 0.3) is 0 Å². The van der Waals surface area contributed by atoms with Gasteiger partial charge in [-0.25, -0.2) is 4.39 Å². The molecular weight excluding hydrogens is 599 g/mol. The first-order valence-electron chi connectivity index (χ1n) is 15.4. The summed E-state index contributed by atoms with van der Waals surface area (Å²) in [5.74, 6) is 1.10. The minimum atomic E-state index is -1.30. The molecule has 6 heterocycles. The Morgan fingerprint density at radius 3 is 3.00 bits per heavy atom. The summed E-state index contributed by atoms with van der Waals surface area (Å²) in [4.78, 5) is 19.1. The van der Waals surface area contributed by atoms with E-state index in [1.165, 1.54) is 17.4 Å². The number of nitrogens with two attached hydrogens (primary N) is 1. The predicted molar refractivity (Wildman–Crippen MR) is 165 cm³/mol. The molecular formula is C31H37FN8O4S. The lowest BCUT2D eigenvalue weighted by atomic mass is 9.71. The van der Waals surface area contributed by atoms with E-state index in [2.05, 4.69) is 39.6 Å². The SMILES string of the molecule is C=C[C@]1(O)COCCN(c2nc(OC[C@@]34CCCN3C[C@H](F)C4)nc(-c3cc([C@]4(C)CCCc5sc(N)c(C#N)c54)on3)n2)C1. The van der Waals surface area contributed by atoms with Crippen molar-refractivity contribution >= 4 is 22.3 Å². The van der Waals surface area contributed by atoms with Crippen LogP contribution in [0.3, 0.4) is 0 Å². The van der Waals surface area contributed by atoms with Crippen LogP contribution in [0.4, 0.5) is 15.3 Å². The molecule has 4 atom stereocenters. The Morgan fingerprint density at radius 2 is 2.18 bits per heavy atom. The number of nitrogens with zero attached hydrogens (tertiary/aromatic N) is 7. The average molecular weight is 637 g/mol. The normalized spacial score (nSPS) is 30.0. The number of rotatable bonds is 7. The molecule has 0 spiro atoms. The van der Waals surface area contributed by atoms with Crippen LogP contribution in [0.5, 0.6) is 6.01 Å². The fourth-order valence-corrected chi connectivity index (χ4v) is 8.66. The van der Waals surface area contributed by atoms with E-state index in [1.54, 1.807) is 6.07 Å². The monoisotopic (exact) mass is 636 g/mol. The summed E-state index contributed by atoms with van der Waals surface area (Å²) >= 11 is 1.46. The minimum absolute atomic E-state index is 0.0823. The first-order chi connectivity index (χ1) is 21.6. The third-order valence-electron chi connectivity index (χ3n) is 9.85. The van der Waals surface area contributed by atoms with Gasteiger partial charge >= 0.3 is 6.01 Å². The van der Waals surface area contributed by atoms with Crippen molar-refractivity contribution in [1.29, 1.82) is 5.26 Å². The standard InChI is InChI=1S/C31H37FN8O4S/c1-3-31(41)16-39(10-11-42-18-31)27-35-26(36-28(37-27)43-17-30-8-5-9-40(30)15-19(32)13-30)21-12-23(44-38-21)29(2)7-4-6-22-24(29)20(14-33)25(34)45-22/h3,12,19,41H,1,4-11,13,15-18,34H2,2H3/t19-,29+,30+,31-/m1/s1. The molecule has 3 saturated heterocycles. The highest BCUT2D eigenvalue weighted by molar-refractivity contribution is 7.16. The number of aryl methyl sites for hydroxylation is 1. The second-order valence-electron chi connectivity index (χ2n) is 12.9. The molecule has 238 valence electrons. The van der Waals surface area contributed by atoms with Gasteiger partial charge in [0.15, 0.2) is 11.5 Å². The fraction of sp³-hybridized carbons (Fsp3) is 0.581. The molecule has 3 fully saturated rings. The summed E-state index contributed by atoms with van der Waals surface area (Å²) < 4.78 is 32.3.